The third-order valence-electron chi connectivity index (χ3n) is 3.92. The van der Waals surface area contributed by atoms with Crippen molar-refractivity contribution >= 4 is 52.6 Å². The molecule has 0 aliphatic carbocycles. The number of hydrazone groups is 1. The summed E-state index contributed by atoms with van der Waals surface area (Å²) in [5, 5.41) is 19.4. The lowest BCUT2D eigenvalue weighted by atomic mass is 10.2. The number of nitro groups is 1. The van der Waals surface area contributed by atoms with Crippen molar-refractivity contribution < 1.29 is 9.66 Å². The van der Waals surface area contributed by atoms with E-state index in [4.69, 9.17) is 27.9 Å². The van der Waals surface area contributed by atoms with Crippen molar-refractivity contribution in [3.63, 3.8) is 0 Å². The van der Waals surface area contributed by atoms with Gasteiger partial charge in [0.2, 0.25) is 11.8 Å². The lowest BCUT2D eigenvalue weighted by Gasteiger charge is -2.10. The van der Waals surface area contributed by atoms with E-state index in [1.165, 1.54) is 13.1 Å². The van der Waals surface area contributed by atoms with E-state index in [9.17, 15) is 10.1 Å². The van der Waals surface area contributed by atoms with Crippen LogP contribution in [0.15, 0.2) is 47.6 Å². The van der Waals surface area contributed by atoms with E-state index in [0.717, 1.165) is 0 Å². The van der Waals surface area contributed by atoms with Gasteiger partial charge >= 0.3 is 5.69 Å². The molecule has 1 aromatic heterocycles. The summed E-state index contributed by atoms with van der Waals surface area (Å²) >= 11 is 12.0. The molecular weight excluding hydrogens is 431 g/mol. The molecule has 0 saturated heterocycles. The quantitative estimate of drug-likeness (QED) is 0.291. The van der Waals surface area contributed by atoms with Crippen LogP contribution < -0.4 is 15.5 Å². The molecule has 3 aromatic rings. The van der Waals surface area contributed by atoms with E-state index < -0.39 is 4.92 Å². The monoisotopic (exact) mass is 446 g/mol. The van der Waals surface area contributed by atoms with Gasteiger partial charge in [0.1, 0.15) is 11.4 Å². The topological polar surface area (TPSA) is 115 Å². The molecule has 2 N–H and O–H groups in total. The maximum absolute atomic E-state index is 11.5. The lowest BCUT2D eigenvalue weighted by molar-refractivity contribution is -0.385. The first-order valence-electron chi connectivity index (χ1n) is 8.55. The first-order chi connectivity index (χ1) is 14.4. The van der Waals surface area contributed by atoms with Gasteiger partial charge in [-0.2, -0.15) is 10.1 Å². The molecular formula is C19H16Cl2N6O3. The number of aromatic nitrogens is 2. The molecule has 0 unspecified atom stereocenters. The summed E-state index contributed by atoms with van der Waals surface area (Å²) in [4.78, 5) is 19.2. The highest BCUT2D eigenvalue weighted by molar-refractivity contribution is 6.36. The van der Waals surface area contributed by atoms with Gasteiger partial charge in [0, 0.05) is 16.3 Å². The number of nitrogens with zero attached hydrogens (tertiary/aromatic N) is 4. The van der Waals surface area contributed by atoms with Crippen molar-refractivity contribution in [3.8, 4) is 5.75 Å². The molecule has 1 heterocycles. The van der Waals surface area contributed by atoms with Gasteiger partial charge in [-0.25, -0.2) is 10.4 Å². The Morgan fingerprint density at radius 1 is 1.17 bits per heavy atom. The van der Waals surface area contributed by atoms with Crippen molar-refractivity contribution in [1.82, 2.24) is 9.97 Å². The van der Waals surface area contributed by atoms with Crippen molar-refractivity contribution in [3.05, 3.63) is 73.9 Å². The average Bonchev–Trinajstić information content (AvgIpc) is 2.69. The van der Waals surface area contributed by atoms with E-state index >= 15 is 0 Å². The lowest BCUT2D eigenvalue weighted by Crippen LogP contribution is -2.07. The summed E-state index contributed by atoms with van der Waals surface area (Å²) in [6, 6.07) is 11.9. The van der Waals surface area contributed by atoms with Crippen LogP contribution in [-0.2, 0) is 0 Å². The third-order valence-corrected chi connectivity index (χ3v) is 4.49. The normalized spacial score (nSPS) is 10.8. The fourth-order valence-corrected chi connectivity index (χ4v) is 2.96. The Balaban J connectivity index is 1.86. The Labute approximate surface area is 181 Å². The van der Waals surface area contributed by atoms with Crippen LogP contribution in [0.25, 0.3) is 0 Å². The number of methoxy groups -OCH3 is 1. The van der Waals surface area contributed by atoms with Crippen LogP contribution in [0.2, 0.25) is 10.0 Å². The van der Waals surface area contributed by atoms with Crippen LogP contribution in [0.4, 0.5) is 23.1 Å². The number of hydrogen-bond acceptors (Lipinski definition) is 8. The molecule has 3 rings (SSSR count). The molecule has 30 heavy (non-hydrogen) atoms. The first-order valence-corrected chi connectivity index (χ1v) is 9.31. The zero-order chi connectivity index (χ0) is 21.7. The Morgan fingerprint density at radius 3 is 2.53 bits per heavy atom. The number of benzene rings is 2. The van der Waals surface area contributed by atoms with Crippen LogP contribution in [-0.4, -0.2) is 28.2 Å². The predicted molar refractivity (Wildman–Crippen MR) is 117 cm³/mol. The van der Waals surface area contributed by atoms with Crippen LogP contribution >= 0.6 is 23.2 Å². The summed E-state index contributed by atoms with van der Waals surface area (Å²) in [5.41, 5.74) is 3.82. The maximum Gasteiger partial charge on any atom is 0.332 e. The average molecular weight is 447 g/mol. The van der Waals surface area contributed by atoms with E-state index in [1.54, 1.807) is 49.6 Å². The number of halogens is 2. The first kappa shape index (κ1) is 21.3. The number of anilines is 3. The standard InChI is InChI=1S/C19H16Cl2N6O3/c1-11-17(27(28)29)18(24-14-5-7-15(30-2)8-6-14)25-19(23-11)26-22-10-12-3-4-13(20)9-16(12)21/h3-10H,1-2H3,(H2,23,24,25,26). The molecule has 0 aliphatic heterocycles. The smallest absolute Gasteiger partial charge is 0.332 e. The Kier molecular flexibility index (Phi) is 6.65. The van der Waals surface area contributed by atoms with Crippen molar-refractivity contribution in [2.45, 2.75) is 6.92 Å². The summed E-state index contributed by atoms with van der Waals surface area (Å²) < 4.78 is 5.11. The highest BCUT2D eigenvalue weighted by Gasteiger charge is 2.22. The van der Waals surface area contributed by atoms with Gasteiger partial charge in [0.25, 0.3) is 0 Å². The van der Waals surface area contributed by atoms with Crippen LogP contribution in [0.5, 0.6) is 5.75 Å². The highest BCUT2D eigenvalue weighted by Crippen LogP contribution is 2.30. The maximum atomic E-state index is 11.5. The molecule has 0 atom stereocenters. The van der Waals surface area contributed by atoms with Crippen molar-refractivity contribution in [2.24, 2.45) is 5.10 Å². The summed E-state index contributed by atoms with van der Waals surface area (Å²) in [7, 11) is 1.55. The fraction of sp³-hybridized carbons (Fsp3) is 0.105. The molecule has 154 valence electrons. The van der Waals surface area contributed by atoms with Gasteiger partial charge in [-0.3, -0.25) is 10.1 Å². The van der Waals surface area contributed by atoms with E-state index in [0.29, 0.717) is 27.0 Å². The second-order valence-electron chi connectivity index (χ2n) is 5.98. The minimum absolute atomic E-state index is 0.0277. The van der Waals surface area contributed by atoms with Crippen LogP contribution in [0.3, 0.4) is 0 Å². The SMILES string of the molecule is COc1ccc(Nc2nc(NN=Cc3ccc(Cl)cc3Cl)nc(C)c2[N+](=O)[O-])cc1. The highest BCUT2D eigenvalue weighted by atomic mass is 35.5. The minimum atomic E-state index is -0.540. The van der Waals surface area contributed by atoms with Gasteiger partial charge in [-0.05, 0) is 43.3 Å². The molecule has 0 spiro atoms. The number of rotatable bonds is 7. The zero-order valence-electron chi connectivity index (χ0n) is 15.9. The summed E-state index contributed by atoms with van der Waals surface area (Å²) in [6.07, 6.45) is 1.47. The van der Waals surface area contributed by atoms with E-state index in [2.05, 4.69) is 25.8 Å². The molecule has 11 heteroatoms. The van der Waals surface area contributed by atoms with Gasteiger partial charge in [0.05, 0.1) is 23.3 Å². The second-order valence-corrected chi connectivity index (χ2v) is 6.82. The largest absolute Gasteiger partial charge is 0.497 e. The molecule has 9 nitrogen and oxygen atoms in total. The minimum Gasteiger partial charge on any atom is -0.497 e. The van der Waals surface area contributed by atoms with E-state index in [-0.39, 0.29) is 23.1 Å². The van der Waals surface area contributed by atoms with Gasteiger partial charge < -0.3 is 10.1 Å². The molecule has 0 fully saturated rings. The van der Waals surface area contributed by atoms with Gasteiger partial charge in [0.15, 0.2) is 0 Å². The fourth-order valence-electron chi connectivity index (χ4n) is 2.50. The predicted octanol–water partition coefficient (Wildman–Crippen LogP) is 5.20. The van der Waals surface area contributed by atoms with Crippen LogP contribution in [0.1, 0.15) is 11.3 Å². The Bertz CT molecular complexity index is 1110. The molecule has 0 bridgehead atoms. The number of aryl methyl sites for hydroxylation is 1. The molecule has 0 radical (unpaired) electrons. The number of ether oxygens (including phenoxy) is 1. The van der Waals surface area contributed by atoms with Crippen molar-refractivity contribution in [2.75, 3.05) is 17.9 Å². The summed E-state index contributed by atoms with van der Waals surface area (Å²) in [6.45, 7) is 1.52. The molecule has 0 aliphatic rings. The zero-order valence-corrected chi connectivity index (χ0v) is 17.4. The molecule has 0 saturated carbocycles. The third kappa shape index (κ3) is 5.13. The van der Waals surface area contributed by atoms with Gasteiger partial charge in [-0.1, -0.05) is 29.3 Å². The molecule has 2 aromatic carbocycles. The van der Waals surface area contributed by atoms with Crippen LogP contribution in [0, 0.1) is 17.0 Å². The molecule has 0 amide bonds. The van der Waals surface area contributed by atoms with Crippen molar-refractivity contribution in [1.29, 1.82) is 0 Å². The summed E-state index contributed by atoms with van der Waals surface area (Å²) in [5.74, 6) is 0.766. The van der Waals surface area contributed by atoms with E-state index in [1.807, 2.05) is 0 Å². The Hall–Kier alpha value is -3.43. The Morgan fingerprint density at radius 2 is 1.90 bits per heavy atom. The van der Waals surface area contributed by atoms with Gasteiger partial charge in [-0.15, -0.1) is 0 Å². The second kappa shape index (κ2) is 9.38. The number of nitrogens with one attached hydrogen (secondary N) is 2. The number of hydrogen-bond donors (Lipinski definition) is 2.